The Bertz CT molecular complexity index is 1280. The molecule has 1 aliphatic heterocycles. The van der Waals surface area contributed by atoms with Gasteiger partial charge in [0, 0.05) is 24.7 Å². The van der Waals surface area contributed by atoms with E-state index >= 15 is 0 Å². The maximum atomic E-state index is 14.0. The zero-order valence-corrected chi connectivity index (χ0v) is 16.5. The molecule has 0 spiro atoms. The zero-order chi connectivity index (χ0) is 21.0. The number of halogens is 3. The zero-order valence-electron chi connectivity index (χ0n) is 15.6. The largest absolute Gasteiger partial charge is 0.327 e. The molecule has 30 heavy (non-hydrogen) atoms. The lowest BCUT2D eigenvalue weighted by Crippen LogP contribution is -2.41. The van der Waals surface area contributed by atoms with E-state index in [1.165, 1.54) is 30.3 Å². The lowest BCUT2D eigenvalue weighted by molar-refractivity contribution is 0.0638. The van der Waals surface area contributed by atoms with Gasteiger partial charge in [-0.05, 0) is 37.3 Å². The van der Waals surface area contributed by atoms with Gasteiger partial charge in [-0.15, -0.1) is 21.5 Å². The van der Waals surface area contributed by atoms with Crippen LogP contribution >= 0.6 is 11.3 Å². The molecule has 0 aliphatic carbocycles. The molecule has 4 aromatic rings. The van der Waals surface area contributed by atoms with E-state index in [0.717, 1.165) is 17.4 Å². The third-order valence-corrected chi connectivity index (χ3v) is 6.14. The normalized spacial score (nSPS) is 16.1. The fourth-order valence-corrected chi connectivity index (χ4v) is 4.63. The topological polar surface area (TPSA) is 63.9 Å². The Balaban J connectivity index is 1.49. The molecule has 1 aliphatic rings. The van der Waals surface area contributed by atoms with Crippen molar-refractivity contribution in [1.29, 1.82) is 0 Å². The number of amides is 1. The van der Waals surface area contributed by atoms with Gasteiger partial charge in [0.1, 0.15) is 17.2 Å². The summed E-state index contributed by atoms with van der Waals surface area (Å²) in [5.74, 6) is -1.01. The number of fused-ring (bicyclic) bond motifs is 2. The summed E-state index contributed by atoms with van der Waals surface area (Å²) in [6.07, 6.45) is 0. The predicted octanol–water partition coefficient (Wildman–Crippen LogP) is 4.19. The quantitative estimate of drug-likeness (QED) is 0.479. The predicted molar refractivity (Wildman–Crippen MR) is 104 cm³/mol. The molecule has 1 atom stereocenters. The van der Waals surface area contributed by atoms with Gasteiger partial charge in [-0.2, -0.15) is 0 Å². The fraction of sp³-hybridized carbons (Fsp3) is 0.200. The maximum Gasteiger partial charge on any atom is 0.254 e. The van der Waals surface area contributed by atoms with Crippen LogP contribution in [0.3, 0.4) is 0 Å². The van der Waals surface area contributed by atoms with Crippen LogP contribution in [-0.4, -0.2) is 37.1 Å². The van der Waals surface area contributed by atoms with Crippen molar-refractivity contribution in [1.82, 2.24) is 24.6 Å². The maximum absolute atomic E-state index is 14.0. The summed E-state index contributed by atoms with van der Waals surface area (Å²) in [4.78, 5) is 18.8. The smallest absolute Gasteiger partial charge is 0.254 e. The van der Waals surface area contributed by atoms with E-state index in [0.29, 0.717) is 40.0 Å². The first-order chi connectivity index (χ1) is 14.4. The molecule has 152 valence electrons. The minimum absolute atomic E-state index is 0.0886. The number of thiazole rings is 1. The van der Waals surface area contributed by atoms with Crippen molar-refractivity contribution in [2.75, 3.05) is 6.54 Å². The van der Waals surface area contributed by atoms with Crippen LogP contribution in [0, 0.1) is 17.5 Å². The Kier molecular flexibility index (Phi) is 4.31. The van der Waals surface area contributed by atoms with E-state index < -0.39 is 17.5 Å². The Labute approximate surface area is 172 Å². The highest BCUT2D eigenvalue weighted by molar-refractivity contribution is 7.21. The van der Waals surface area contributed by atoms with E-state index in [2.05, 4.69) is 15.2 Å². The molecule has 3 heterocycles. The minimum Gasteiger partial charge on any atom is -0.327 e. The number of hydrogen-bond acceptors (Lipinski definition) is 5. The number of carbonyl (C=O) groups is 1. The Morgan fingerprint density at radius 2 is 1.83 bits per heavy atom. The Hall–Kier alpha value is -3.27. The van der Waals surface area contributed by atoms with Crippen LogP contribution in [0.2, 0.25) is 0 Å². The monoisotopic (exact) mass is 429 g/mol. The summed E-state index contributed by atoms with van der Waals surface area (Å²) in [6.45, 7) is 2.64. The molecule has 0 radical (unpaired) electrons. The number of rotatable bonds is 2. The Morgan fingerprint density at radius 1 is 1.07 bits per heavy atom. The molecule has 0 N–H and O–H groups in total. The summed E-state index contributed by atoms with van der Waals surface area (Å²) in [7, 11) is 0. The molecule has 6 nitrogen and oxygen atoms in total. The summed E-state index contributed by atoms with van der Waals surface area (Å²) in [5, 5.41) is 8.85. The molecule has 0 saturated carbocycles. The van der Waals surface area contributed by atoms with Crippen molar-refractivity contribution in [3.05, 3.63) is 65.2 Å². The average molecular weight is 429 g/mol. The number of nitrogens with zero attached hydrogens (tertiary/aromatic N) is 5. The summed E-state index contributed by atoms with van der Waals surface area (Å²) in [5.41, 5.74) is 0.478. The molecule has 2 aromatic carbocycles. The second-order valence-corrected chi connectivity index (χ2v) is 8.00. The first-order valence-corrected chi connectivity index (χ1v) is 9.99. The SMILES string of the molecule is C[C@@H]1c2nnc(-c3nc4c(F)cc(F)cc4s3)n2CCN1C(=O)c1ccc(F)cc1. The van der Waals surface area contributed by atoms with Gasteiger partial charge in [-0.25, -0.2) is 18.2 Å². The molecule has 0 unspecified atom stereocenters. The number of aromatic nitrogens is 4. The van der Waals surface area contributed by atoms with Gasteiger partial charge in [0.25, 0.3) is 5.91 Å². The number of benzene rings is 2. The molecule has 1 amide bonds. The van der Waals surface area contributed by atoms with E-state index in [1.54, 1.807) is 4.90 Å². The fourth-order valence-electron chi connectivity index (χ4n) is 3.63. The first-order valence-electron chi connectivity index (χ1n) is 9.18. The summed E-state index contributed by atoms with van der Waals surface area (Å²) < 4.78 is 42.9. The molecule has 0 fully saturated rings. The molecule has 5 rings (SSSR count). The summed E-state index contributed by atoms with van der Waals surface area (Å²) >= 11 is 1.13. The highest BCUT2D eigenvalue weighted by Crippen LogP contribution is 2.34. The summed E-state index contributed by atoms with van der Waals surface area (Å²) in [6, 6.07) is 7.05. The van der Waals surface area contributed by atoms with Crippen LogP contribution in [0.5, 0.6) is 0 Å². The highest BCUT2D eigenvalue weighted by Gasteiger charge is 2.32. The second kappa shape index (κ2) is 6.91. The van der Waals surface area contributed by atoms with Gasteiger partial charge in [0.05, 0.1) is 10.7 Å². The van der Waals surface area contributed by atoms with Crippen LogP contribution in [0.15, 0.2) is 36.4 Å². The minimum atomic E-state index is -0.727. The highest BCUT2D eigenvalue weighted by atomic mass is 32.1. The lowest BCUT2D eigenvalue weighted by Gasteiger charge is -2.33. The van der Waals surface area contributed by atoms with E-state index in [4.69, 9.17) is 0 Å². The van der Waals surface area contributed by atoms with Crippen molar-refractivity contribution in [2.24, 2.45) is 0 Å². The van der Waals surface area contributed by atoms with E-state index in [9.17, 15) is 18.0 Å². The van der Waals surface area contributed by atoms with Gasteiger partial charge in [0.2, 0.25) is 0 Å². The lowest BCUT2D eigenvalue weighted by atomic mass is 10.1. The van der Waals surface area contributed by atoms with Crippen molar-refractivity contribution in [3.8, 4) is 10.8 Å². The Morgan fingerprint density at radius 3 is 2.60 bits per heavy atom. The standard InChI is InChI=1S/C20H14F3N5OS/c1-10-17-25-26-18(19-24-16-14(23)8-13(22)9-15(16)30-19)28(17)7-6-27(10)20(29)11-2-4-12(21)5-3-11/h2-5,8-10H,6-7H2,1H3/t10-/m1/s1. The molecule has 0 saturated heterocycles. The average Bonchev–Trinajstić information content (AvgIpc) is 3.33. The van der Waals surface area contributed by atoms with Gasteiger partial charge in [-0.3, -0.25) is 4.79 Å². The third kappa shape index (κ3) is 2.95. The van der Waals surface area contributed by atoms with E-state index in [1.807, 2.05) is 11.5 Å². The van der Waals surface area contributed by atoms with Gasteiger partial charge in [-0.1, -0.05) is 0 Å². The second-order valence-electron chi connectivity index (χ2n) is 6.97. The number of hydrogen-bond donors (Lipinski definition) is 0. The van der Waals surface area contributed by atoms with Crippen LogP contribution in [0.25, 0.3) is 21.0 Å². The van der Waals surface area contributed by atoms with Gasteiger partial charge in [0.15, 0.2) is 22.5 Å². The third-order valence-electron chi connectivity index (χ3n) is 5.14. The molecule has 2 aromatic heterocycles. The van der Waals surface area contributed by atoms with Crippen LogP contribution in [-0.2, 0) is 6.54 Å². The molecular formula is C20H14F3N5OS. The van der Waals surface area contributed by atoms with Crippen molar-refractivity contribution in [2.45, 2.75) is 19.5 Å². The van der Waals surface area contributed by atoms with E-state index in [-0.39, 0.29) is 17.5 Å². The molecule has 10 heteroatoms. The van der Waals surface area contributed by atoms with Crippen molar-refractivity contribution < 1.29 is 18.0 Å². The van der Waals surface area contributed by atoms with Crippen molar-refractivity contribution >= 4 is 27.5 Å². The van der Waals surface area contributed by atoms with Gasteiger partial charge >= 0.3 is 0 Å². The van der Waals surface area contributed by atoms with Crippen LogP contribution in [0.1, 0.15) is 29.1 Å². The van der Waals surface area contributed by atoms with Crippen LogP contribution < -0.4 is 0 Å². The first kappa shape index (κ1) is 18.7. The van der Waals surface area contributed by atoms with Crippen LogP contribution in [0.4, 0.5) is 13.2 Å². The molecule has 0 bridgehead atoms. The molecular weight excluding hydrogens is 415 g/mol. The number of carbonyl (C=O) groups excluding carboxylic acids is 1. The van der Waals surface area contributed by atoms with Crippen molar-refractivity contribution in [3.63, 3.8) is 0 Å². The van der Waals surface area contributed by atoms with Gasteiger partial charge < -0.3 is 9.47 Å².